The van der Waals surface area contributed by atoms with Gasteiger partial charge in [0.1, 0.15) is 0 Å². The summed E-state index contributed by atoms with van der Waals surface area (Å²) >= 11 is 6.12. The number of hydrogen-bond acceptors (Lipinski definition) is 3. The summed E-state index contributed by atoms with van der Waals surface area (Å²) in [5, 5.41) is 12.5. The summed E-state index contributed by atoms with van der Waals surface area (Å²) in [5.41, 5.74) is 2.54. The van der Waals surface area contributed by atoms with E-state index in [1.807, 2.05) is 24.3 Å². The smallest absolute Gasteiger partial charge is 0.280 e. The number of pyridine rings is 2. The van der Waals surface area contributed by atoms with Gasteiger partial charge in [0, 0.05) is 21.4 Å². The van der Waals surface area contributed by atoms with Crippen LogP contribution in [0.1, 0.15) is 5.69 Å². The lowest BCUT2D eigenvalue weighted by atomic mass is 9.94. The molecule has 4 nitrogen and oxygen atoms in total. The molecule has 0 aliphatic carbocycles. The van der Waals surface area contributed by atoms with E-state index in [0.29, 0.717) is 27.3 Å². The van der Waals surface area contributed by atoms with E-state index in [9.17, 15) is 10.0 Å². The Hall–Kier alpha value is -2.59. The van der Waals surface area contributed by atoms with Crippen LogP contribution < -0.4 is 5.56 Å². The minimum atomic E-state index is -0.351. The summed E-state index contributed by atoms with van der Waals surface area (Å²) in [4.78, 5) is 16.5. The summed E-state index contributed by atoms with van der Waals surface area (Å²) in [6, 6.07) is 12.7. The van der Waals surface area contributed by atoms with Gasteiger partial charge in [-0.2, -0.15) is 4.73 Å². The lowest BCUT2D eigenvalue weighted by Crippen LogP contribution is -2.16. The molecular formula is C17H11ClN2O2. The first-order valence-corrected chi connectivity index (χ1v) is 7.18. The Labute approximate surface area is 130 Å². The highest BCUT2D eigenvalue weighted by molar-refractivity contribution is 6.31. The van der Waals surface area contributed by atoms with Gasteiger partial charge < -0.3 is 5.21 Å². The van der Waals surface area contributed by atoms with Crippen LogP contribution in [-0.2, 0) is 0 Å². The van der Waals surface area contributed by atoms with E-state index >= 15 is 0 Å². The Morgan fingerprint density at radius 3 is 2.68 bits per heavy atom. The lowest BCUT2D eigenvalue weighted by Gasteiger charge is -2.18. The third-order valence-corrected chi connectivity index (χ3v) is 4.23. The number of halogens is 1. The van der Waals surface area contributed by atoms with Crippen molar-refractivity contribution in [1.82, 2.24) is 9.71 Å². The Bertz CT molecular complexity index is 1090. The fourth-order valence-corrected chi connectivity index (χ4v) is 3.16. The topological polar surface area (TPSA) is 55.1 Å². The van der Waals surface area contributed by atoms with Crippen molar-refractivity contribution >= 4 is 33.4 Å². The van der Waals surface area contributed by atoms with E-state index in [2.05, 4.69) is 4.98 Å². The van der Waals surface area contributed by atoms with Crippen LogP contribution in [0.2, 0.25) is 5.02 Å². The maximum atomic E-state index is 12.4. The van der Waals surface area contributed by atoms with Crippen LogP contribution in [0.3, 0.4) is 0 Å². The first kappa shape index (κ1) is 13.1. The molecule has 0 radical (unpaired) electrons. The largest absolute Gasteiger partial charge is 0.428 e. The third-order valence-electron chi connectivity index (χ3n) is 3.99. The van der Waals surface area contributed by atoms with Crippen molar-refractivity contribution in [3.8, 4) is 11.1 Å². The molecule has 0 saturated carbocycles. The summed E-state index contributed by atoms with van der Waals surface area (Å²) in [6.07, 6.45) is 0. The number of nitrogens with zero attached hydrogens (tertiary/aromatic N) is 2. The molecular weight excluding hydrogens is 300 g/mol. The van der Waals surface area contributed by atoms with Crippen LogP contribution in [0.15, 0.2) is 47.3 Å². The first-order valence-electron chi connectivity index (χ1n) is 6.80. The number of benzene rings is 2. The summed E-state index contributed by atoms with van der Waals surface area (Å²) < 4.78 is 1.04. The molecule has 0 spiro atoms. The number of para-hydroxylation sites is 1. The zero-order valence-corrected chi connectivity index (χ0v) is 12.4. The van der Waals surface area contributed by atoms with E-state index in [4.69, 9.17) is 11.6 Å². The molecule has 2 aromatic carbocycles. The summed E-state index contributed by atoms with van der Waals surface area (Å²) in [6.45, 7) is 1.70. The molecule has 4 rings (SSSR count). The Balaban J connectivity index is 2.43. The van der Waals surface area contributed by atoms with Gasteiger partial charge in [0.2, 0.25) is 0 Å². The lowest BCUT2D eigenvalue weighted by molar-refractivity contribution is 0.192. The van der Waals surface area contributed by atoms with Gasteiger partial charge in [-0.1, -0.05) is 29.8 Å². The van der Waals surface area contributed by atoms with E-state index in [0.717, 1.165) is 21.1 Å². The predicted octanol–water partition coefficient (Wildman–Crippen LogP) is 3.85. The zero-order chi connectivity index (χ0) is 15.4. The number of fused-ring (bicyclic) bond motifs is 5. The third kappa shape index (κ3) is 1.64. The van der Waals surface area contributed by atoms with E-state index < -0.39 is 0 Å². The number of hydrogen-bond donors (Lipinski definition) is 1. The zero-order valence-electron chi connectivity index (χ0n) is 11.7. The standard InChI is InChI=1S/C17H11ClN2O2/c1-9-15-16(11-4-2-3-5-14(11)20(9)22)12-8-10(18)6-7-13(12)19-17(15)21/h2-8,22H,1H3. The second-order valence-electron chi connectivity index (χ2n) is 5.24. The van der Waals surface area contributed by atoms with Crippen LogP contribution in [0.25, 0.3) is 32.9 Å². The maximum Gasteiger partial charge on any atom is 0.280 e. The van der Waals surface area contributed by atoms with Crippen LogP contribution in [0.5, 0.6) is 0 Å². The van der Waals surface area contributed by atoms with Crippen LogP contribution in [-0.4, -0.2) is 14.9 Å². The summed E-state index contributed by atoms with van der Waals surface area (Å²) in [7, 11) is 0. The molecule has 0 amide bonds. The van der Waals surface area contributed by atoms with Gasteiger partial charge in [0.05, 0.1) is 22.3 Å². The molecule has 0 bridgehead atoms. The SMILES string of the molecule is Cc1c2c(=O)nc3ccc(Cl)cc3c-2c2ccccc2n1O. The van der Waals surface area contributed by atoms with Crippen molar-refractivity contribution in [2.24, 2.45) is 0 Å². The van der Waals surface area contributed by atoms with Gasteiger partial charge in [-0.3, -0.25) is 4.79 Å². The van der Waals surface area contributed by atoms with Gasteiger partial charge in [0.25, 0.3) is 5.56 Å². The van der Waals surface area contributed by atoms with Gasteiger partial charge in [-0.15, -0.1) is 0 Å². The van der Waals surface area contributed by atoms with Crippen molar-refractivity contribution in [1.29, 1.82) is 0 Å². The molecule has 2 aromatic rings. The van der Waals surface area contributed by atoms with Gasteiger partial charge in [-0.25, -0.2) is 4.98 Å². The van der Waals surface area contributed by atoms with Crippen molar-refractivity contribution in [2.45, 2.75) is 6.92 Å². The second kappa shape index (κ2) is 4.45. The average molecular weight is 311 g/mol. The van der Waals surface area contributed by atoms with Gasteiger partial charge in [-0.05, 0) is 31.2 Å². The van der Waals surface area contributed by atoms with Crippen molar-refractivity contribution in [3.05, 3.63) is 63.5 Å². The van der Waals surface area contributed by atoms with Crippen LogP contribution >= 0.6 is 11.6 Å². The van der Waals surface area contributed by atoms with Gasteiger partial charge >= 0.3 is 0 Å². The molecule has 0 aromatic heterocycles. The van der Waals surface area contributed by atoms with E-state index in [1.165, 1.54) is 0 Å². The maximum absolute atomic E-state index is 12.4. The highest BCUT2D eigenvalue weighted by Gasteiger charge is 2.21. The molecule has 0 saturated heterocycles. The minimum absolute atomic E-state index is 0.351. The molecule has 0 fully saturated rings. The molecule has 2 aliphatic heterocycles. The monoisotopic (exact) mass is 310 g/mol. The van der Waals surface area contributed by atoms with E-state index in [1.54, 1.807) is 25.1 Å². The van der Waals surface area contributed by atoms with E-state index in [-0.39, 0.29) is 5.56 Å². The minimum Gasteiger partial charge on any atom is -0.428 e. The molecule has 5 heteroatoms. The fraction of sp³-hybridized carbons (Fsp3) is 0.0588. The molecule has 22 heavy (non-hydrogen) atoms. The predicted molar refractivity (Wildman–Crippen MR) is 87.1 cm³/mol. The Kier molecular flexibility index (Phi) is 2.65. The average Bonchev–Trinajstić information content (AvgIpc) is 2.52. The molecule has 1 N–H and O–H groups in total. The highest BCUT2D eigenvalue weighted by atomic mass is 35.5. The molecule has 2 heterocycles. The number of aromatic nitrogens is 2. The van der Waals surface area contributed by atoms with Crippen LogP contribution in [0, 0.1) is 6.92 Å². The molecule has 0 unspecified atom stereocenters. The molecule has 2 aliphatic rings. The number of rotatable bonds is 0. The molecule has 0 atom stereocenters. The fourth-order valence-electron chi connectivity index (χ4n) is 2.98. The normalized spacial score (nSPS) is 11.5. The first-order chi connectivity index (χ1) is 10.6. The van der Waals surface area contributed by atoms with Crippen LogP contribution in [0.4, 0.5) is 0 Å². The Morgan fingerprint density at radius 2 is 1.86 bits per heavy atom. The Morgan fingerprint density at radius 1 is 1.09 bits per heavy atom. The van der Waals surface area contributed by atoms with Crippen molar-refractivity contribution < 1.29 is 5.21 Å². The highest BCUT2D eigenvalue weighted by Crippen LogP contribution is 2.36. The summed E-state index contributed by atoms with van der Waals surface area (Å²) in [5.74, 6) is 0. The second-order valence-corrected chi connectivity index (χ2v) is 5.68. The molecule has 108 valence electrons. The van der Waals surface area contributed by atoms with Crippen molar-refractivity contribution in [2.75, 3.05) is 0 Å². The van der Waals surface area contributed by atoms with Gasteiger partial charge in [0.15, 0.2) is 0 Å². The quantitative estimate of drug-likeness (QED) is 0.396. The van der Waals surface area contributed by atoms with Crippen molar-refractivity contribution in [3.63, 3.8) is 0 Å².